The molecule has 0 fully saturated rings. The molecule has 6 nitrogen and oxygen atoms in total. The average Bonchev–Trinajstić information content (AvgIpc) is 3.37. The third-order valence-corrected chi connectivity index (χ3v) is 6.79. The minimum absolute atomic E-state index is 0.131. The van der Waals surface area contributed by atoms with E-state index in [4.69, 9.17) is 4.74 Å². The quantitative estimate of drug-likeness (QED) is 0.412. The van der Waals surface area contributed by atoms with E-state index >= 15 is 0 Å². The van der Waals surface area contributed by atoms with Gasteiger partial charge in [-0.05, 0) is 49.4 Å². The number of ether oxygens (including phenoxy) is 1. The molecular weight excluding hydrogens is 416 g/mol. The highest BCUT2D eigenvalue weighted by atomic mass is 32.1. The van der Waals surface area contributed by atoms with Gasteiger partial charge in [0.15, 0.2) is 0 Å². The van der Waals surface area contributed by atoms with E-state index in [9.17, 15) is 4.79 Å². The van der Waals surface area contributed by atoms with Gasteiger partial charge >= 0.3 is 0 Å². The Morgan fingerprint density at radius 3 is 2.70 bits per heavy atom. The fourth-order valence-corrected chi connectivity index (χ4v) is 5.18. The van der Waals surface area contributed by atoms with E-state index in [1.807, 2.05) is 19.1 Å². The zero-order chi connectivity index (χ0) is 21.1. The Hall–Kier alpha value is -2.55. The summed E-state index contributed by atoms with van der Waals surface area (Å²) in [5.41, 5.74) is 1.80. The molecule has 1 aromatic carbocycles. The first kappa shape index (κ1) is 20.7. The molecule has 0 saturated carbocycles. The van der Waals surface area contributed by atoms with Crippen LogP contribution in [0, 0.1) is 6.92 Å². The predicted molar refractivity (Wildman–Crippen MR) is 122 cm³/mol. The Bertz CT molecular complexity index is 1170. The Kier molecular flexibility index (Phi) is 6.26. The lowest BCUT2D eigenvalue weighted by Gasteiger charge is -2.28. The highest BCUT2D eigenvalue weighted by Gasteiger charge is 2.19. The van der Waals surface area contributed by atoms with E-state index in [0.29, 0.717) is 17.5 Å². The van der Waals surface area contributed by atoms with Gasteiger partial charge < -0.3 is 4.74 Å². The van der Waals surface area contributed by atoms with Gasteiger partial charge in [-0.3, -0.25) is 9.69 Å². The molecule has 0 aliphatic heterocycles. The normalized spacial score (nSPS) is 12.5. The smallest absolute Gasteiger partial charge is 0.275 e. The Morgan fingerprint density at radius 2 is 2.00 bits per heavy atom. The first-order valence-electron chi connectivity index (χ1n) is 9.77. The Balaban J connectivity index is 1.60. The molecule has 0 aliphatic rings. The monoisotopic (exact) mass is 440 g/mol. The molecule has 4 aromatic rings. The highest BCUT2D eigenvalue weighted by molar-refractivity contribution is 7.16. The number of aromatic nitrogens is 3. The van der Waals surface area contributed by atoms with Gasteiger partial charge in [-0.1, -0.05) is 29.5 Å². The maximum atomic E-state index is 12.2. The van der Waals surface area contributed by atoms with Crippen molar-refractivity contribution in [1.29, 1.82) is 0 Å². The lowest BCUT2D eigenvalue weighted by atomic mass is 10.1. The van der Waals surface area contributed by atoms with Crippen molar-refractivity contribution in [3.63, 3.8) is 0 Å². The molecule has 0 amide bonds. The molecule has 0 spiro atoms. The summed E-state index contributed by atoms with van der Waals surface area (Å²) in [5.74, 6) is 0.851. The van der Waals surface area contributed by atoms with Crippen LogP contribution in [-0.4, -0.2) is 32.6 Å². The van der Waals surface area contributed by atoms with Gasteiger partial charge in [0, 0.05) is 29.2 Å². The summed E-state index contributed by atoms with van der Waals surface area (Å²) in [7, 11) is 1.68. The number of fused-ring (bicyclic) bond motifs is 1. The van der Waals surface area contributed by atoms with Crippen LogP contribution in [-0.2, 0) is 19.5 Å². The van der Waals surface area contributed by atoms with Crippen LogP contribution in [0.3, 0.4) is 0 Å². The van der Waals surface area contributed by atoms with Gasteiger partial charge in [-0.2, -0.15) is 9.61 Å². The van der Waals surface area contributed by atoms with Crippen LogP contribution in [0.15, 0.2) is 52.6 Å². The molecule has 4 rings (SSSR count). The van der Waals surface area contributed by atoms with Crippen LogP contribution in [0.2, 0.25) is 0 Å². The predicted octanol–water partition coefficient (Wildman–Crippen LogP) is 4.16. The Morgan fingerprint density at radius 1 is 1.20 bits per heavy atom. The van der Waals surface area contributed by atoms with Crippen molar-refractivity contribution in [3.05, 3.63) is 79.3 Å². The zero-order valence-corrected chi connectivity index (χ0v) is 18.9. The lowest BCUT2D eigenvalue weighted by molar-refractivity contribution is 0.189. The third-order valence-electron chi connectivity index (χ3n) is 5.00. The summed E-state index contributed by atoms with van der Waals surface area (Å²) in [5, 5.41) is 7.54. The summed E-state index contributed by atoms with van der Waals surface area (Å²) >= 11 is 3.26. The molecule has 156 valence electrons. The first-order valence-corrected chi connectivity index (χ1v) is 11.5. The van der Waals surface area contributed by atoms with Crippen LogP contribution in [0.5, 0.6) is 5.75 Å². The van der Waals surface area contributed by atoms with E-state index < -0.39 is 0 Å². The van der Waals surface area contributed by atoms with Crippen molar-refractivity contribution in [2.75, 3.05) is 7.11 Å². The van der Waals surface area contributed by atoms with Crippen LogP contribution in [0.1, 0.15) is 28.1 Å². The maximum absolute atomic E-state index is 12.2. The van der Waals surface area contributed by atoms with Crippen molar-refractivity contribution < 1.29 is 4.74 Å². The number of aryl methyl sites for hydroxylation is 1. The summed E-state index contributed by atoms with van der Waals surface area (Å²) in [6, 6.07) is 14.3. The minimum atomic E-state index is -0.131. The average molecular weight is 441 g/mol. The van der Waals surface area contributed by atoms with E-state index in [-0.39, 0.29) is 5.56 Å². The Labute approximate surface area is 183 Å². The SMILES string of the molecule is COc1ccc(CN(Cc2nn3c(=O)cc(C)nc3s2)C(C)Cc2cccs2)cc1. The molecule has 0 aliphatic carbocycles. The van der Waals surface area contributed by atoms with E-state index in [1.165, 1.54) is 32.4 Å². The van der Waals surface area contributed by atoms with E-state index in [1.54, 1.807) is 18.4 Å². The van der Waals surface area contributed by atoms with Gasteiger partial charge in [0.2, 0.25) is 4.96 Å². The summed E-state index contributed by atoms with van der Waals surface area (Å²) < 4.78 is 6.69. The van der Waals surface area contributed by atoms with Crippen LogP contribution >= 0.6 is 22.7 Å². The molecule has 3 heterocycles. The topological polar surface area (TPSA) is 59.7 Å². The fraction of sp³-hybridized carbons (Fsp3) is 0.318. The standard InChI is InChI=1S/C22H24N4O2S2/c1-15-11-21(27)26-22(23-15)30-20(24-26)14-25(16(2)12-19-5-4-10-29-19)13-17-6-8-18(28-3)9-7-17/h4-11,16H,12-14H2,1-3H3. The number of rotatable bonds is 8. The molecule has 1 atom stereocenters. The molecule has 0 radical (unpaired) electrons. The van der Waals surface area contributed by atoms with Gasteiger partial charge in [-0.25, -0.2) is 4.98 Å². The van der Waals surface area contributed by atoms with Crippen LogP contribution < -0.4 is 10.3 Å². The maximum Gasteiger partial charge on any atom is 0.275 e. The first-order chi connectivity index (χ1) is 14.5. The molecule has 0 saturated heterocycles. The number of thiophene rings is 1. The summed E-state index contributed by atoms with van der Waals surface area (Å²) in [6.45, 7) is 5.52. The number of hydrogen-bond donors (Lipinski definition) is 0. The van der Waals surface area contributed by atoms with E-state index in [0.717, 1.165) is 29.4 Å². The zero-order valence-electron chi connectivity index (χ0n) is 17.2. The second-order valence-corrected chi connectivity index (χ2v) is 9.38. The summed E-state index contributed by atoms with van der Waals surface area (Å²) in [6.07, 6.45) is 0.968. The van der Waals surface area contributed by atoms with Crippen molar-refractivity contribution in [2.24, 2.45) is 0 Å². The van der Waals surface area contributed by atoms with Crippen LogP contribution in [0.4, 0.5) is 0 Å². The van der Waals surface area contributed by atoms with Gasteiger partial charge in [0.05, 0.1) is 13.7 Å². The van der Waals surface area contributed by atoms with Crippen LogP contribution in [0.25, 0.3) is 4.96 Å². The van der Waals surface area contributed by atoms with Crippen molar-refractivity contribution in [3.8, 4) is 5.75 Å². The second kappa shape index (κ2) is 9.07. The molecule has 0 bridgehead atoms. The fourth-order valence-electron chi connectivity index (χ4n) is 3.38. The van der Waals surface area contributed by atoms with Gasteiger partial charge in [0.1, 0.15) is 10.8 Å². The lowest BCUT2D eigenvalue weighted by Crippen LogP contribution is -2.33. The molecule has 1 unspecified atom stereocenters. The molecule has 3 aromatic heterocycles. The molecule has 30 heavy (non-hydrogen) atoms. The van der Waals surface area contributed by atoms with Crippen molar-refractivity contribution >= 4 is 27.6 Å². The minimum Gasteiger partial charge on any atom is -0.497 e. The van der Waals surface area contributed by atoms with E-state index in [2.05, 4.69) is 51.6 Å². The molecule has 0 N–H and O–H groups in total. The third kappa shape index (κ3) is 4.77. The number of hydrogen-bond acceptors (Lipinski definition) is 7. The number of benzene rings is 1. The van der Waals surface area contributed by atoms with Gasteiger partial charge in [-0.15, -0.1) is 11.3 Å². The highest BCUT2D eigenvalue weighted by Crippen LogP contribution is 2.22. The summed E-state index contributed by atoms with van der Waals surface area (Å²) in [4.78, 5) is 21.1. The van der Waals surface area contributed by atoms with Gasteiger partial charge in [0.25, 0.3) is 5.56 Å². The van der Waals surface area contributed by atoms with Crippen molar-refractivity contribution in [2.45, 2.75) is 39.4 Å². The van der Waals surface area contributed by atoms with Crippen molar-refractivity contribution in [1.82, 2.24) is 19.5 Å². The largest absolute Gasteiger partial charge is 0.497 e. The molecular formula is C22H24N4O2S2. The number of nitrogens with zero attached hydrogens (tertiary/aromatic N) is 4. The second-order valence-electron chi connectivity index (χ2n) is 7.31. The number of methoxy groups -OCH3 is 1. The molecule has 8 heteroatoms.